The van der Waals surface area contributed by atoms with Crippen molar-refractivity contribution in [3.8, 4) is 0 Å². The second-order valence-electron chi connectivity index (χ2n) is 4.06. The van der Waals surface area contributed by atoms with Crippen LogP contribution in [0.1, 0.15) is 31.9 Å². The number of rotatable bonds is 5. The molecule has 2 atom stereocenters. The van der Waals surface area contributed by atoms with E-state index in [0.717, 1.165) is 0 Å². The van der Waals surface area contributed by atoms with E-state index >= 15 is 0 Å². The third-order valence-corrected chi connectivity index (χ3v) is 2.77. The zero-order valence-electron chi connectivity index (χ0n) is 10.9. The number of carbonyl (C=O) groups is 2. The average molecular weight is 250 g/mol. The molecule has 0 bridgehead atoms. The molecule has 0 N–H and O–H groups in total. The molecule has 0 aliphatic rings. The van der Waals surface area contributed by atoms with Crippen LogP contribution in [0.4, 0.5) is 0 Å². The van der Waals surface area contributed by atoms with Crippen molar-refractivity contribution in [2.45, 2.75) is 26.4 Å². The molecule has 0 saturated heterocycles. The van der Waals surface area contributed by atoms with Crippen molar-refractivity contribution in [2.24, 2.45) is 5.92 Å². The van der Waals surface area contributed by atoms with Crippen LogP contribution in [0, 0.1) is 5.92 Å². The van der Waals surface area contributed by atoms with Crippen LogP contribution in [-0.4, -0.2) is 19.0 Å². The van der Waals surface area contributed by atoms with Crippen molar-refractivity contribution < 1.29 is 19.1 Å². The quantitative estimate of drug-likeness (QED) is 0.753. The van der Waals surface area contributed by atoms with Gasteiger partial charge >= 0.3 is 11.9 Å². The van der Waals surface area contributed by atoms with Crippen molar-refractivity contribution in [1.82, 2.24) is 0 Å². The molecule has 0 radical (unpaired) electrons. The lowest BCUT2D eigenvalue weighted by Gasteiger charge is -2.18. The van der Waals surface area contributed by atoms with Gasteiger partial charge < -0.3 is 9.47 Å². The van der Waals surface area contributed by atoms with Crippen LogP contribution < -0.4 is 0 Å². The fraction of sp³-hybridized carbons (Fsp3) is 0.429. The van der Waals surface area contributed by atoms with Gasteiger partial charge in [-0.3, -0.25) is 4.79 Å². The van der Waals surface area contributed by atoms with E-state index in [9.17, 15) is 9.59 Å². The number of carbonyl (C=O) groups excluding carboxylic acids is 2. The number of hydrogen-bond acceptors (Lipinski definition) is 4. The van der Waals surface area contributed by atoms with Crippen LogP contribution >= 0.6 is 0 Å². The van der Waals surface area contributed by atoms with Crippen molar-refractivity contribution >= 4 is 11.9 Å². The summed E-state index contributed by atoms with van der Waals surface area (Å²) in [6.07, 6.45) is -0.320. The predicted molar refractivity (Wildman–Crippen MR) is 66.7 cm³/mol. The molecule has 0 heterocycles. The molecule has 1 aromatic carbocycles. The first-order valence-electron chi connectivity index (χ1n) is 5.93. The van der Waals surface area contributed by atoms with Gasteiger partial charge in [0, 0.05) is 5.56 Å². The molecule has 98 valence electrons. The van der Waals surface area contributed by atoms with E-state index in [1.165, 1.54) is 7.11 Å². The number of methoxy groups -OCH3 is 1. The van der Waals surface area contributed by atoms with Gasteiger partial charge in [-0.2, -0.15) is 0 Å². The summed E-state index contributed by atoms with van der Waals surface area (Å²) >= 11 is 0. The molecule has 0 fully saturated rings. The second kappa shape index (κ2) is 6.79. The fourth-order valence-electron chi connectivity index (χ4n) is 1.39. The molecular formula is C14H18O4. The van der Waals surface area contributed by atoms with E-state index in [4.69, 9.17) is 4.74 Å². The summed E-state index contributed by atoms with van der Waals surface area (Å²) in [5.74, 6) is -1.20. The minimum absolute atomic E-state index is 0.235. The van der Waals surface area contributed by atoms with Crippen LogP contribution in [-0.2, 0) is 19.1 Å². The molecule has 0 unspecified atom stereocenters. The summed E-state index contributed by atoms with van der Waals surface area (Å²) in [5, 5.41) is 0. The van der Waals surface area contributed by atoms with Gasteiger partial charge in [-0.1, -0.05) is 44.2 Å². The molecule has 1 rings (SSSR count). The largest absolute Gasteiger partial charge is 0.466 e. The summed E-state index contributed by atoms with van der Waals surface area (Å²) in [4.78, 5) is 23.4. The smallest absolute Gasteiger partial charge is 0.351 e. The number of hydrogen-bond donors (Lipinski definition) is 0. The maximum Gasteiger partial charge on any atom is 0.351 e. The Balaban J connectivity index is 2.87. The molecule has 0 aliphatic heterocycles. The standard InChI is InChI=1S/C14H18O4/c1-4-10(2)13(15)18-12(14(16)17-3)11-8-6-5-7-9-11/h5-10,12H,4H2,1-3H3/t10-,12+/m0/s1. The summed E-state index contributed by atoms with van der Waals surface area (Å²) in [6, 6.07) is 8.84. The van der Waals surface area contributed by atoms with Gasteiger partial charge in [-0.15, -0.1) is 0 Å². The van der Waals surface area contributed by atoms with Gasteiger partial charge in [0.15, 0.2) is 0 Å². The minimum Gasteiger partial charge on any atom is -0.466 e. The lowest BCUT2D eigenvalue weighted by Crippen LogP contribution is -2.24. The number of benzene rings is 1. The highest BCUT2D eigenvalue weighted by atomic mass is 16.6. The van der Waals surface area contributed by atoms with Gasteiger partial charge in [-0.25, -0.2) is 4.79 Å². The van der Waals surface area contributed by atoms with Crippen LogP contribution in [0.5, 0.6) is 0 Å². The first kappa shape index (κ1) is 14.2. The van der Waals surface area contributed by atoms with Crippen LogP contribution in [0.25, 0.3) is 0 Å². The van der Waals surface area contributed by atoms with E-state index < -0.39 is 18.0 Å². The molecule has 18 heavy (non-hydrogen) atoms. The van der Waals surface area contributed by atoms with Gasteiger partial charge in [0.25, 0.3) is 0 Å². The summed E-state index contributed by atoms with van der Waals surface area (Å²) in [6.45, 7) is 3.66. The Morgan fingerprint density at radius 1 is 1.17 bits per heavy atom. The normalized spacial score (nSPS) is 13.5. The van der Waals surface area contributed by atoms with E-state index in [1.54, 1.807) is 31.2 Å². The monoisotopic (exact) mass is 250 g/mol. The Bertz CT molecular complexity index is 400. The summed E-state index contributed by atoms with van der Waals surface area (Å²) < 4.78 is 9.89. The second-order valence-corrected chi connectivity index (χ2v) is 4.06. The molecule has 0 saturated carbocycles. The third-order valence-electron chi connectivity index (χ3n) is 2.77. The fourth-order valence-corrected chi connectivity index (χ4v) is 1.39. The van der Waals surface area contributed by atoms with Crippen LogP contribution in [0.15, 0.2) is 30.3 Å². The highest BCUT2D eigenvalue weighted by molar-refractivity contribution is 5.81. The lowest BCUT2D eigenvalue weighted by atomic mass is 10.1. The molecular weight excluding hydrogens is 232 g/mol. The van der Waals surface area contributed by atoms with Crippen LogP contribution in [0.3, 0.4) is 0 Å². The van der Waals surface area contributed by atoms with Crippen LogP contribution in [0.2, 0.25) is 0 Å². The van der Waals surface area contributed by atoms with E-state index in [1.807, 2.05) is 13.0 Å². The van der Waals surface area contributed by atoms with Crippen molar-refractivity contribution in [3.05, 3.63) is 35.9 Å². The maximum atomic E-state index is 11.7. The lowest BCUT2D eigenvalue weighted by molar-refractivity contribution is -0.169. The van der Waals surface area contributed by atoms with Gasteiger partial charge in [0.2, 0.25) is 6.10 Å². The van der Waals surface area contributed by atoms with E-state index in [2.05, 4.69) is 4.74 Å². The highest BCUT2D eigenvalue weighted by Gasteiger charge is 2.27. The maximum absolute atomic E-state index is 11.7. The van der Waals surface area contributed by atoms with Crippen molar-refractivity contribution in [3.63, 3.8) is 0 Å². The van der Waals surface area contributed by atoms with Gasteiger partial charge in [0.05, 0.1) is 13.0 Å². The molecule has 4 nitrogen and oxygen atoms in total. The highest BCUT2D eigenvalue weighted by Crippen LogP contribution is 2.21. The first-order chi connectivity index (χ1) is 8.60. The van der Waals surface area contributed by atoms with Crippen molar-refractivity contribution in [2.75, 3.05) is 7.11 Å². The zero-order chi connectivity index (χ0) is 13.5. The molecule has 1 aromatic rings. The number of esters is 2. The van der Waals surface area contributed by atoms with Gasteiger partial charge in [0.1, 0.15) is 0 Å². The van der Waals surface area contributed by atoms with Gasteiger partial charge in [-0.05, 0) is 6.42 Å². The molecule has 0 aromatic heterocycles. The SMILES string of the molecule is CC[C@H](C)C(=O)O[C@@H](C(=O)OC)c1ccccc1. The Morgan fingerprint density at radius 2 is 1.78 bits per heavy atom. The molecule has 0 aliphatic carbocycles. The predicted octanol–water partition coefficient (Wildman–Crippen LogP) is 2.49. The first-order valence-corrected chi connectivity index (χ1v) is 5.93. The Labute approximate surface area is 107 Å². The van der Waals surface area contributed by atoms with E-state index in [-0.39, 0.29) is 5.92 Å². The van der Waals surface area contributed by atoms with Crippen molar-refractivity contribution in [1.29, 1.82) is 0 Å². The zero-order valence-corrected chi connectivity index (χ0v) is 10.9. The molecule has 4 heteroatoms. The number of ether oxygens (including phenoxy) is 2. The molecule has 0 amide bonds. The average Bonchev–Trinajstić information content (AvgIpc) is 2.43. The minimum atomic E-state index is -0.988. The van der Waals surface area contributed by atoms with E-state index in [0.29, 0.717) is 12.0 Å². The third kappa shape index (κ3) is 3.58. The Hall–Kier alpha value is -1.84. The summed E-state index contributed by atoms with van der Waals surface area (Å²) in [7, 11) is 1.27. The summed E-state index contributed by atoms with van der Waals surface area (Å²) in [5.41, 5.74) is 0.612. The Morgan fingerprint density at radius 3 is 2.28 bits per heavy atom. The topological polar surface area (TPSA) is 52.6 Å². The Kier molecular flexibility index (Phi) is 5.36. The molecule has 0 spiro atoms.